The number of H-pyrrole nitrogens is 1. The number of nitrogens with zero attached hydrogens (tertiary/aromatic N) is 1. The number of hydrogen-bond acceptors (Lipinski definition) is 5. The third-order valence-corrected chi connectivity index (χ3v) is 5.56. The number of para-hydroxylation sites is 1. The largest absolute Gasteiger partial charge is 0.445 e. The summed E-state index contributed by atoms with van der Waals surface area (Å²) in [5.41, 5.74) is 2.59. The molecule has 0 unspecified atom stereocenters. The van der Waals surface area contributed by atoms with Gasteiger partial charge in [-0.05, 0) is 19.9 Å². The van der Waals surface area contributed by atoms with E-state index in [1.165, 1.54) is 11.3 Å². The fourth-order valence-corrected chi connectivity index (χ4v) is 4.00. The van der Waals surface area contributed by atoms with Crippen molar-refractivity contribution >= 4 is 34.0 Å². The van der Waals surface area contributed by atoms with Crippen LogP contribution in [0.25, 0.3) is 10.9 Å². The van der Waals surface area contributed by atoms with Crippen molar-refractivity contribution in [1.29, 1.82) is 0 Å². The fourth-order valence-electron chi connectivity index (χ4n) is 3.20. The van der Waals surface area contributed by atoms with Crippen molar-refractivity contribution in [2.24, 2.45) is 0 Å². The molecule has 4 rings (SSSR count). The molecule has 0 amide bonds. The Bertz CT molecular complexity index is 1160. The quantitative estimate of drug-likeness (QED) is 0.383. The van der Waals surface area contributed by atoms with Crippen molar-refractivity contribution < 1.29 is 14.3 Å². The van der Waals surface area contributed by atoms with Crippen molar-refractivity contribution in [3.63, 3.8) is 0 Å². The summed E-state index contributed by atoms with van der Waals surface area (Å²) in [6.45, 7) is 3.60. The lowest BCUT2D eigenvalue weighted by Gasteiger charge is -2.17. The maximum Gasteiger partial charge on any atom is 0.351 e. The third kappa shape index (κ3) is 3.34. The average Bonchev–Trinajstić information content (AvgIpc) is 3.28. The molecule has 0 aliphatic carbocycles. The first-order chi connectivity index (χ1) is 13.5. The molecule has 140 valence electrons. The minimum Gasteiger partial charge on any atom is -0.445 e. The Morgan fingerprint density at radius 2 is 1.75 bits per heavy atom. The summed E-state index contributed by atoms with van der Waals surface area (Å²) < 4.78 is 5.72. The maximum atomic E-state index is 13.4. The number of nitrogens with one attached hydrogen (secondary N) is 1. The van der Waals surface area contributed by atoms with Gasteiger partial charge >= 0.3 is 5.97 Å². The monoisotopic (exact) mass is 390 g/mol. The number of aromatic nitrogens is 2. The zero-order valence-electron chi connectivity index (χ0n) is 15.4. The number of aromatic amines is 1. The van der Waals surface area contributed by atoms with Crippen LogP contribution < -0.4 is 0 Å². The molecular weight excluding hydrogens is 372 g/mol. The van der Waals surface area contributed by atoms with Gasteiger partial charge < -0.3 is 9.72 Å². The Kier molecular flexibility index (Phi) is 4.79. The first-order valence-corrected chi connectivity index (χ1v) is 9.66. The van der Waals surface area contributed by atoms with E-state index in [2.05, 4.69) is 9.97 Å². The summed E-state index contributed by atoms with van der Waals surface area (Å²) >= 11 is 1.27. The number of aryl methyl sites for hydroxylation is 2. The van der Waals surface area contributed by atoms with Crippen LogP contribution in [-0.2, 0) is 4.74 Å². The molecule has 0 bridgehead atoms. The number of hydrogen-bond donors (Lipinski definition) is 1. The molecule has 0 aliphatic rings. The Hall–Kier alpha value is -3.25. The molecule has 2 heterocycles. The zero-order valence-corrected chi connectivity index (χ0v) is 16.2. The van der Waals surface area contributed by atoms with Crippen LogP contribution in [0.5, 0.6) is 0 Å². The molecule has 5 nitrogen and oxygen atoms in total. The number of benzene rings is 2. The van der Waals surface area contributed by atoms with Crippen LogP contribution in [-0.4, -0.2) is 21.7 Å². The third-order valence-electron chi connectivity index (χ3n) is 4.51. The highest BCUT2D eigenvalue weighted by molar-refractivity contribution is 7.13. The van der Waals surface area contributed by atoms with E-state index in [0.29, 0.717) is 21.7 Å². The van der Waals surface area contributed by atoms with Crippen LogP contribution >= 0.6 is 11.3 Å². The number of esters is 1. The van der Waals surface area contributed by atoms with Gasteiger partial charge in [-0.3, -0.25) is 4.79 Å². The van der Waals surface area contributed by atoms with Gasteiger partial charge in [-0.1, -0.05) is 48.5 Å². The minimum absolute atomic E-state index is 0.268. The predicted molar refractivity (Wildman–Crippen MR) is 109 cm³/mol. The summed E-state index contributed by atoms with van der Waals surface area (Å²) in [4.78, 5) is 34.0. The van der Waals surface area contributed by atoms with Crippen molar-refractivity contribution in [3.8, 4) is 0 Å². The summed E-state index contributed by atoms with van der Waals surface area (Å²) in [7, 11) is 0. The Morgan fingerprint density at radius 1 is 1.04 bits per heavy atom. The molecule has 1 atom stereocenters. The lowest BCUT2D eigenvalue weighted by Crippen LogP contribution is -2.20. The lowest BCUT2D eigenvalue weighted by atomic mass is 9.99. The molecule has 0 fully saturated rings. The first kappa shape index (κ1) is 18.1. The van der Waals surface area contributed by atoms with E-state index in [9.17, 15) is 9.59 Å². The topological polar surface area (TPSA) is 72.0 Å². The van der Waals surface area contributed by atoms with Crippen LogP contribution in [0, 0.1) is 13.8 Å². The zero-order chi connectivity index (χ0) is 19.7. The molecular formula is C22H18N2O3S. The number of ether oxygens (including phenoxy) is 1. The van der Waals surface area contributed by atoms with Crippen molar-refractivity contribution in [2.75, 3.05) is 0 Å². The van der Waals surface area contributed by atoms with Gasteiger partial charge in [0.15, 0.2) is 6.10 Å². The molecule has 6 heteroatoms. The van der Waals surface area contributed by atoms with Gasteiger partial charge in [0.25, 0.3) is 0 Å². The smallest absolute Gasteiger partial charge is 0.351 e. The first-order valence-electron chi connectivity index (χ1n) is 8.85. The highest BCUT2D eigenvalue weighted by atomic mass is 32.1. The van der Waals surface area contributed by atoms with E-state index in [4.69, 9.17) is 4.74 Å². The van der Waals surface area contributed by atoms with Crippen molar-refractivity contribution in [1.82, 2.24) is 9.97 Å². The number of thiazole rings is 1. The molecule has 0 saturated carbocycles. The van der Waals surface area contributed by atoms with E-state index >= 15 is 0 Å². The molecule has 2 aromatic carbocycles. The number of fused-ring (bicyclic) bond motifs is 1. The van der Waals surface area contributed by atoms with E-state index < -0.39 is 12.1 Å². The molecule has 2 aromatic heterocycles. The molecule has 4 aromatic rings. The fraction of sp³-hybridized carbons (Fsp3) is 0.136. The van der Waals surface area contributed by atoms with Gasteiger partial charge in [0.2, 0.25) is 5.78 Å². The van der Waals surface area contributed by atoms with Gasteiger partial charge in [-0.2, -0.15) is 0 Å². The summed E-state index contributed by atoms with van der Waals surface area (Å²) in [6.07, 6.45) is 0.633. The van der Waals surface area contributed by atoms with Crippen LogP contribution in [0.1, 0.15) is 42.4 Å². The van der Waals surface area contributed by atoms with Crippen LogP contribution in [0.3, 0.4) is 0 Å². The standard InChI is InChI=1S/C22H18N2O3S/c1-13-21(28-14(2)24-13)22(26)27-20(15-8-4-3-5-9-15)19(25)17-12-23-18-11-7-6-10-16(17)18/h3-12,20,23H,1-2H3/t20-/m1/s1. The highest BCUT2D eigenvalue weighted by Crippen LogP contribution is 2.29. The Morgan fingerprint density at radius 3 is 2.46 bits per heavy atom. The van der Waals surface area contributed by atoms with E-state index in [-0.39, 0.29) is 5.78 Å². The number of rotatable bonds is 5. The molecule has 1 N–H and O–H groups in total. The predicted octanol–water partition coefficient (Wildman–Crippen LogP) is 5.02. The molecule has 28 heavy (non-hydrogen) atoms. The van der Waals surface area contributed by atoms with Crippen LogP contribution in [0.4, 0.5) is 0 Å². The number of carbonyl (C=O) groups excluding carboxylic acids is 2. The van der Waals surface area contributed by atoms with Crippen molar-refractivity contribution in [2.45, 2.75) is 20.0 Å². The van der Waals surface area contributed by atoms with Crippen molar-refractivity contribution in [3.05, 3.63) is 87.5 Å². The normalized spacial score (nSPS) is 12.1. The van der Waals surface area contributed by atoms with Crippen LogP contribution in [0.15, 0.2) is 60.8 Å². The summed E-state index contributed by atoms with van der Waals surface area (Å²) in [6, 6.07) is 16.6. The number of carbonyl (C=O) groups is 2. The van der Waals surface area contributed by atoms with Gasteiger partial charge in [0.05, 0.1) is 10.7 Å². The van der Waals surface area contributed by atoms with E-state index in [1.54, 1.807) is 25.3 Å². The summed E-state index contributed by atoms with van der Waals surface area (Å²) in [5.74, 6) is -0.805. The average molecular weight is 390 g/mol. The van der Waals surface area contributed by atoms with E-state index in [0.717, 1.165) is 15.9 Å². The van der Waals surface area contributed by atoms with Gasteiger partial charge in [-0.25, -0.2) is 9.78 Å². The molecule has 0 radical (unpaired) electrons. The lowest BCUT2D eigenvalue weighted by molar-refractivity contribution is 0.0284. The second-order valence-electron chi connectivity index (χ2n) is 6.46. The molecule has 0 aliphatic heterocycles. The maximum absolute atomic E-state index is 13.4. The number of ketones is 1. The Labute approximate surface area is 166 Å². The second kappa shape index (κ2) is 7.40. The molecule has 0 spiro atoms. The summed E-state index contributed by atoms with van der Waals surface area (Å²) in [5, 5.41) is 1.58. The highest BCUT2D eigenvalue weighted by Gasteiger charge is 2.29. The van der Waals surface area contributed by atoms with Gasteiger partial charge in [-0.15, -0.1) is 11.3 Å². The SMILES string of the molecule is Cc1nc(C)c(C(=O)O[C@@H](C(=O)c2c[nH]c3ccccc23)c2ccccc2)s1. The second-order valence-corrected chi connectivity index (χ2v) is 7.66. The Balaban J connectivity index is 1.73. The van der Waals surface area contributed by atoms with Gasteiger partial charge in [0, 0.05) is 28.2 Å². The van der Waals surface area contributed by atoms with Gasteiger partial charge in [0.1, 0.15) is 4.88 Å². The molecule has 0 saturated heterocycles. The van der Waals surface area contributed by atoms with Crippen LogP contribution in [0.2, 0.25) is 0 Å². The number of Topliss-reactive ketones (excluding diaryl/α,β-unsaturated/α-hetero) is 1. The van der Waals surface area contributed by atoms with E-state index in [1.807, 2.05) is 49.4 Å². The minimum atomic E-state index is -1.03.